The number of fused-ring (bicyclic) bond motifs is 1. The van der Waals surface area contributed by atoms with Crippen LogP contribution < -0.4 is 5.32 Å². The summed E-state index contributed by atoms with van der Waals surface area (Å²) in [5.74, 6) is 0. The first-order valence-electron chi connectivity index (χ1n) is 5.96. The van der Waals surface area contributed by atoms with E-state index in [9.17, 15) is 10.1 Å². The summed E-state index contributed by atoms with van der Waals surface area (Å²) in [7, 11) is 0. The van der Waals surface area contributed by atoms with Gasteiger partial charge in [0, 0.05) is 12.6 Å². The van der Waals surface area contributed by atoms with Crippen molar-refractivity contribution in [1.82, 2.24) is 4.98 Å². The van der Waals surface area contributed by atoms with Crippen molar-refractivity contribution in [2.45, 2.75) is 20.0 Å². The van der Waals surface area contributed by atoms with Gasteiger partial charge in [0.05, 0.1) is 23.7 Å². The summed E-state index contributed by atoms with van der Waals surface area (Å²) in [4.78, 5) is 14.3. The smallest absolute Gasteiger partial charge is 0.295 e. The van der Waals surface area contributed by atoms with Crippen molar-refractivity contribution in [2.75, 3.05) is 18.5 Å². The van der Waals surface area contributed by atoms with Crippen LogP contribution in [0.1, 0.15) is 13.8 Å². The zero-order valence-electron chi connectivity index (χ0n) is 10.8. The van der Waals surface area contributed by atoms with Gasteiger partial charge in [-0.2, -0.15) is 4.98 Å². The lowest BCUT2D eigenvalue weighted by Crippen LogP contribution is -2.13. The summed E-state index contributed by atoms with van der Waals surface area (Å²) in [6.07, 6.45) is 0.174. The van der Waals surface area contributed by atoms with Gasteiger partial charge in [0.2, 0.25) is 0 Å². The van der Waals surface area contributed by atoms with Crippen LogP contribution in [0.15, 0.2) is 22.6 Å². The summed E-state index contributed by atoms with van der Waals surface area (Å²) in [6, 6.07) is 4.66. The molecule has 0 spiro atoms. The van der Waals surface area contributed by atoms with E-state index >= 15 is 0 Å². The highest BCUT2D eigenvalue weighted by molar-refractivity contribution is 5.77. The number of anilines is 1. The molecule has 0 amide bonds. The Hall–Kier alpha value is -2.15. The topological polar surface area (TPSA) is 90.4 Å². The Bertz CT molecular complexity index is 579. The molecule has 102 valence electrons. The van der Waals surface area contributed by atoms with Crippen LogP contribution in [0.2, 0.25) is 0 Å². The van der Waals surface area contributed by atoms with Crippen LogP contribution in [0.4, 0.5) is 11.7 Å². The largest absolute Gasteiger partial charge is 0.423 e. The molecule has 0 unspecified atom stereocenters. The Labute approximate surface area is 109 Å². The first kappa shape index (κ1) is 13.3. The third kappa shape index (κ3) is 3.41. The maximum absolute atomic E-state index is 10.6. The molecule has 0 aliphatic heterocycles. The molecule has 0 aliphatic carbocycles. The monoisotopic (exact) mass is 265 g/mol. The molecule has 7 nitrogen and oxygen atoms in total. The molecule has 1 aromatic carbocycles. The van der Waals surface area contributed by atoms with Crippen molar-refractivity contribution >= 4 is 22.8 Å². The van der Waals surface area contributed by atoms with Crippen molar-refractivity contribution in [3.8, 4) is 0 Å². The van der Waals surface area contributed by atoms with Gasteiger partial charge in [0.15, 0.2) is 5.58 Å². The Morgan fingerprint density at radius 1 is 1.53 bits per heavy atom. The molecule has 0 atom stereocenters. The number of benzene rings is 1. The van der Waals surface area contributed by atoms with E-state index in [0.29, 0.717) is 30.3 Å². The van der Waals surface area contributed by atoms with Gasteiger partial charge in [-0.25, -0.2) is 0 Å². The molecule has 0 saturated heterocycles. The molecule has 1 N–H and O–H groups in total. The zero-order chi connectivity index (χ0) is 13.8. The van der Waals surface area contributed by atoms with Crippen molar-refractivity contribution in [3.63, 3.8) is 0 Å². The van der Waals surface area contributed by atoms with Crippen LogP contribution in [0.5, 0.6) is 0 Å². The van der Waals surface area contributed by atoms with Gasteiger partial charge in [-0.3, -0.25) is 10.1 Å². The lowest BCUT2D eigenvalue weighted by Gasteiger charge is -2.06. The van der Waals surface area contributed by atoms with Gasteiger partial charge in [-0.05, 0) is 19.9 Å². The Morgan fingerprint density at radius 3 is 3.00 bits per heavy atom. The molecule has 2 rings (SSSR count). The van der Waals surface area contributed by atoms with Crippen molar-refractivity contribution in [1.29, 1.82) is 0 Å². The van der Waals surface area contributed by atoms with Gasteiger partial charge in [0.1, 0.15) is 5.52 Å². The van der Waals surface area contributed by atoms with E-state index in [-0.39, 0.29) is 11.8 Å². The first-order chi connectivity index (χ1) is 9.06. The number of nitro groups is 1. The molecule has 1 aromatic heterocycles. The molecule has 0 radical (unpaired) electrons. The molecule has 1 heterocycles. The molecular formula is C12H15N3O4. The highest BCUT2D eigenvalue weighted by atomic mass is 16.6. The number of oxazole rings is 1. The molecular weight excluding hydrogens is 250 g/mol. The van der Waals surface area contributed by atoms with Crippen LogP contribution in [-0.2, 0) is 4.74 Å². The van der Waals surface area contributed by atoms with E-state index < -0.39 is 4.92 Å². The molecule has 0 bridgehead atoms. The number of hydrogen-bond acceptors (Lipinski definition) is 6. The standard InChI is InChI=1S/C12H15N3O4/c1-8(2)18-6-5-13-12-14-10-4-3-9(15(16)17)7-11(10)19-12/h3-4,7-8H,5-6H2,1-2H3,(H,13,14). The quantitative estimate of drug-likeness (QED) is 0.490. The van der Waals surface area contributed by atoms with E-state index in [0.717, 1.165) is 0 Å². The fourth-order valence-electron chi connectivity index (χ4n) is 1.56. The minimum Gasteiger partial charge on any atom is -0.423 e. The number of nitrogens with one attached hydrogen (secondary N) is 1. The second-order valence-electron chi connectivity index (χ2n) is 4.27. The summed E-state index contributed by atoms with van der Waals surface area (Å²) >= 11 is 0. The molecule has 0 saturated carbocycles. The predicted octanol–water partition coefficient (Wildman–Crippen LogP) is 2.57. The molecule has 2 aromatic rings. The number of non-ortho nitro benzene ring substituents is 1. The lowest BCUT2D eigenvalue weighted by molar-refractivity contribution is -0.384. The van der Waals surface area contributed by atoms with Gasteiger partial charge < -0.3 is 14.5 Å². The third-order valence-electron chi connectivity index (χ3n) is 2.41. The van der Waals surface area contributed by atoms with E-state index in [2.05, 4.69) is 10.3 Å². The fraction of sp³-hybridized carbons (Fsp3) is 0.417. The highest BCUT2D eigenvalue weighted by Gasteiger charge is 2.11. The summed E-state index contributed by atoms with van der Waals surface area (Å²) in [6.45, 7) is 5.01. The van der Waals surface area contributed by atoms with Crippen molar-refractivity contribution in [3.05, 3.63) is 28.3 Å². The Kier molecular flexibility index (Phi) is 3.96. The summed E-state index contributed by atoms with van der Waals surface area (Å²) < 4.78 is 10.8. The summed E-state index contributed by atoms with van der Waals surface area (Å²) in [5, 5.41) is 13.6. The van der Waals surface area contributed by atoms with Gasteiger partial charge in [-0.1, -0.05) is 0 Å². The first-order valence-corrected chi connectivity index (χ1v) is 5.96. The second kappa shape index (κ2) is 5.66. The molecule has 7 heteroatoms. The predicted molar refractivity (Wildman–Crippen MR) is 70.2 cm³/mol. The number of aromatic nitrogens is 1. The number of nitrogens with zero attached hydrogens (tertiary/aromatic N) is 2. The van der Waals surface area contributed by atoms with Gasteiger partial charge >= 0.3 is 0 Å². The normalized spacial score (nSPS) is 11.1. The van der Waals surface area contributed by atoms with Crippen LogP contribution in [0.25, 0.3) is 11.1 Å². The Morgan fingerprint density at radius 2 is 2.32 bits per heavy atom. The van der Waals surface area contributed by atoms with Crippen LogP contribution in [-0.4, -0.2) is 29.2 Å². The number of nitro benzene ring substituents is 1. The van der Waals surface area contributed by atoms with E-state index in [4.69, 9.17) is 9.15 Å². The number of rotatable bonds is 6. The second-order valence-corrected chi connectivity index (χ2v) is 4.27. The van der Waals surface area contributed by atoms with Crippen LogP contribution in [0.3, 0.4) is 0 Å². The van der Waals surface area contributed by atoms with Gasteiger partial charge in [0.25, 0.3) is 11.7 Å². The van der Waals surface area contributed by atoms with E-state index in [1.54, 1.807) is 6.07 Å². The zero-order valence-corrected chi connectivity index (χ0v) is 10.8. The number of hydrogen-bond donors (Lipinski definition) is 1. The average molecular weight is 265 g/mol. The minimum absolute atomic E-state index is 0.0154. The molecule has 19 heavy (non-hydrogen) atoms. The summed E-state index contributed by atoms with van der Waals surface area (Å²) in [5.41, 5.74) is 0.956. The molecule has 0 aliphatic rings. The Balaban J connectivity index is 2.03. The van der Waals surface area contributed by atoms with Crippen LogP contribution >= 0.6 is 0 Å². The third-order valence-corrected chi connectivity index (χ3v) is 2.41. The van der Waals surface area contributed by atoms with Gasteiger partial charge in [-0.15, -0.1) is 0 Å². The van der Waals surface area contributed by atoms with Crippen molar-refractivity contribution < 1.29 is 14.1 Å². The number of ether oxygens (including phenoxy) is 1. The maximum Gasteiger partial charge on any atom is 0.295 e. The maximum atomic E-state index is 10.6. The van der Waals surface area contributed by atoms with Crippen LogP contribution in [0, 0.1) is 10.1 Å². The van der Waals surface area contributed by atoms with E-state index in [1.807, 2.05) is 13.8 Å². The molecule has 0 fully saturated rings. The highest BCUT2D eigenvalue weighted by Crippen LogP contribution is 2.23. The van der Waals surface area contributed by atoms with Crippen molar-refractivity contribution in [2.24, 2.45) is 0 Å². The average Bonchev–Trinajstić information content (AvgIpc) is 2.75. The lowest BCUT2D eigenvalue weighted by atomic mass is 10.3. The fourth-order valence-corrected chi connectivity index (χ4v) is 1.56. The SMILES string of the molecule is CC(C)OCCNc1nc2ccc([N+](=O)[O-])cc2o1. The van der Waals surface area contributed by atoms with E-state index in [1.165, 1.54) is 12.1 Å². The minimum atomic E-state index is -0.467.